The zero-order valence-corrected chi connectivity index (χ0v) is 8.56. The number of carbonyl (C=O) groups is 1. The summed E-state index contributed by atoms with van der Waals surface area (Å²) in [4.78, 5) is 10.5. The average molecular weight is 213 g/mol. The standard InChI is InChI=1S/C10H15NO4/c1-7(5-12)3-11-4-9-2-8(6-15-9)10(13)14/h2,6-7,11-12H,3-5H2,1H3,(H,13,14). The van der Waals surface area contributed by atoms with E-state index in [1.54, 1.807) is 0 Å². The monoisotopic (exact) mass is 213 g/mol. The van der Waals surface area contributed by atoms with Gasteiger partial charge < -0.3 is 19.9 Å². The van der Waals surface area contributed by atoms with Gasteiger partial charge in [-0.2, -0.15) is 0 Å². The topological polar surface area (TPSA) is 82.7 Å². The highest BCUT2D eigenvalue weighted by Gasteiger charge is 2.08. The van der Waals surface area contributed by atoms with Crippen molar-refractivity contribution < 1.29 is 19.4 Å². The van der Waals surface area contributed by atoms with Gasteiger partial charge >= 0.3 is 5.97 Å². The van der Waals surface area contributed by atoms with Gasteiger partial charge in [0.2, 0.25) is 0 Å². The summed E-state index contributed by atoms with van der Waals surface area (Å²) in [6, 6.07) is 1.49. The molecule has 0 aliphatic rings. The van der Waals surface area contributed by atoms with Crippen molar-refractivity contribution in [3.8, 4) is 0 Å². The van der Waals surface area contributed by atoms with E-state index in [9.17, 15) is 4.79 Å². The Balaban J connectivity index is 2.35. The molecule has 0 bridgehead atoms. The van der Waals surface area contributed by atoms with Crippen LogP contribution in [0.4, 0.5) is 0 Å². The quantitative estimate of drug-likeness (QED) is 0.647. The molecule has 0 spiro atoms. The summed E-state index contributed by atoms with van der Waals surface area (Å²) in [5.41, 5.74) is 0.155. The Bertz CT molecular complexity index is 321. The van der Waals surface area contributed by atoms with Gasteiger partial charge in [0.15, 0.2) is 0 Å². The van der Waals surface area contributed by atoms with Crippen molar-refractivity contribution >= 4 is 5.97 Å². The highest BCUT2D eigenvalue weighted by molar-refractivity contribution is 5.87. The van der Waals surface area contributed by atoms with Gasteiger partial charge in [-0.15, -0.1) is 0 Å². The number of hydrogen-bond donors (Lipinski definition) is 3. The molecule has 15 heavy (non-hydrogen) atoms. The highest BCUT2D eigenvalue weighted by Crippen LogP contribution is 2.07. The number of nitrogens with one attached hydrogen (secondary N) is 1. The van der Waals surface area contributed by atoms with E-state index in [2.05, 4.69) is 5.32 Å². The molecule has 0 saturated heterocycles. The lowest BCUT2D eigenvalue weighted by Gasteiger charge is -2.07. The third-order valence-corrected chi connectivity index (χ3v) is 2.00. The molecule has 3 N–H and O–H groups in total. The lowest BCUT2D eigenvalue weighted by atomic mass is 10.2. The molecule has 5 heteroatoms. The molecular weight excluding hydrogens is 198 g/mol. The zero-order chi connectivity index (χ0) is 11.3. The van der Waals surface area contributed by atoms with Crippen molar-refractivity contribution in [3.05, 3.63) is 23.7 Å². The van der Waals surface area contributed by atoms with Crippen LogP contribution in [-0.2, 0) is 6.54 Å². The third kappa shape index (κ3) is 3.73. The van der Waals surface area contributed by atoms with Gasteiger partial charge in [0.25, 0.3) is 0 Å². The van der Waals surface area contributed by atoms with E-state index in [-0.39, 0.29) is 18.1 Å². The maximum absolute atomic E-state index is 10.5. The molecule has 0 aromatic carbocycles. The second-order valence-electron chi connectivity index (χ2n) is 3.53. The van der Waals surface area contributed by atoms with E-state index in [1.807, 2.05) is 6.92 Å². The molecule has 0 saturated carbocycles. The fourth-order valence-corrected chi connectivity index (χ4v) is 1.09. The fourth-order valence-electron chi connectivity index (χ4n) is 1.09. The molecule has 1 aromatic heterocycles. The second kappa shape index (κ2) is 5.53. The average Bonchev–Trinajstić information content (AvgIpc) is 2.66. The Kier molecular flexibility index (Phi) is 4.33. The van der Waals surface area contributed by atoms with Crippen LogP contribution in [0.5, 0.6) is 0 Å². The predicted molar refractivity (Wildman–Crippen MR) is 53.6 cm³/mol. The lowest BCUT2D eigenvalue weighted by molar-refractivity contribution is 0.0696. The molecule has 1 heterocycles. The van der Waals surface area contributed by atoms with Crippen LogP contribution in [0.1, 0.15) is 23.0 Å². The molecule has 0 fully saturated rings. The van der Waals surface area contributed by atoms with Gasteiger partial charge in [-0.3, -0.25) is 0 Å². The van der Waals surface area contributed by atoms with E-state index in [4.69, 9.17) is 14.6 Å². The first-order valence-electron chi connectivity index (χ1n) is 4.75. The van der Waals surface area contributed by atoms with E-state index in [1.165, 1.54) is 12.3 Å². The third-order valence-electron chi connectivity index (χ3n) is 2.00. The summed E-state index contributed by atoms with van der Waals surface area (Å²) in [5.74, 6) is -0.231. The largest absolute Gasteiger partial charge is 0.478 e. The highest BCUT2D eigenvalue weighted by atomic mass is 16.4. The maximum atomic E-state index is 10.5. The molecule has 0 aliphatic heterocycles. The summed E-state index contributed by atoms with van der Waals surface area (Å²) < 4.78 is 5.04. The van der Waals surface area contributed by atoms with Crippen LogP contribution < -0.4 is 5.32 Å². The Morgan fingerprint density at radius 3 is 2.93 bits per heavy atom. The first-order valence-corrected chi connectivity index (χ1v) is 4.75. The van der Waals surface area contributed by atoms with Crippen LogP contribution in [0.25, 0.3) is 0 Å². The van der Waals surface area contributed by atoms with Crippen LogP contribution in [-0.4, -0.2) is 29.3 Å². The number of rotatable bonds is 6. The van der Waals surface area contributed by atoms with Gasteiger partial charge in [-0.1, -0.05) is 6.92 Å². The molecule has 1 rings (SSSR count). The molecule has 5 nitrogen and oxygen atoms in total. The Morgan fingerprint density at radius 2 is 2.40 bits per heavy atom. The van der Waals surface area contributed by atoms with Crippen LogP contribution in [0.3, 0.4) is 0 Å². The first-order chi connectivity index (χ1) is 7.13. The summed E-state index contributed by atoms with van der Waals surface area (Å²) in [6.45, 7) is 3.18. The maximum Gasteiger partial charge on any atom is 0.338 e. The zero-order valence-electron chi connectivity index (χ0n) is 8.56. The van der Waals surface area contributed by atoms with E-state index < -0.39 is 5.97 Å². The normalized spacial score (nSPS) is 12.7. The first kappa shape index (κ1) is 11.7. The predicted octanol–water partition coefficient (Wildman–Crippen LogP) is 0.696. The van der Waals surface area contributed by atoms with Crippen LogP contribution >= 0.6 is 0 Å². The molecule has 1 unspecified atom stereocenters. The van der Waals surface area contributed by atoms with Gasteiger partial charge in [-0.25, -0.2) is 4.79 Å². The summed E-state index contributed by atoms with van der Waals surface area (Å²) in [6.07, 6.45) is 1.22. The van der Waals surface area contributed by atoms with E-state index >= 15 is 0 Å². The number of hydrogen-bond acceptors (Lipinski definition) is 4. The van der Waals surface area contributed by atoms with Crippen LogP contribution in [0.15, 0.2) is 16.7 Å². The van der Waals surface area contributed by atoms with Crippen molar-refractivity contribution in [2.24, 2.45) is 5.92 Å². The van der Waals surface area contributed by atoms with Gasteiger partial charge in [0.1, 0.15) is 12.0 Å². The number of carboxylic acid groups (broad SMARTS) is 1. The Morgan fingerprint density at radius 1 is 1.67 bits per heavy atom. The summed E-state index contributed by atoms with van der Waals surface area (Å²) in [7, 11) is 0. The smallest absolute Gasteiger partial charge is 0.338 e. The fraction of sp³-hybridized carbons (Fsp3) is 0.500. The SMILES string of the molecule is CC(CO)CNCc1cc(C(=O)O)co1. The second-order valence-corrected chi connectivity index (χ2v) is 3.53. The molecule has 84 valence electrons. The summed E-state index contributed by atoms with van der Waals surface area (Å²) in [5, 5.41) is 20.5. The minimum absolute atomic E-state index is 0.130. The van der Waals surface area contributed by atoms with Crippen molar-refractivity contribution in [2.75, 3.05) is 13.2 Å². The molecule has 1 aromatic rings. The summed E-state index contributed by atoms with van der Waals surface area (Å²) >= 11 is 0. The lowest BCUT2D eigenvalue weighted by Crippen LogP contribution is -2.22. The Hall–Kier alpha value is -1.33. The molecule has 1 atom stereocenters. The molecule has 0 aliphatic carbocycles. The molecule has 0 radical (unpaired) electrons. The van der Waals surface area contributed by atoms with Crippen molar-refractivity contribution in [3.63, 3.8) is 0 Å². The van der Waals surface area contributed by atoms with Crippen molar-refractivity contribution in [1.29, 1.82) is 0 Å². The number of aromatic carboxylic acids is 1. The number of aliphatic hydroxyl groups excluding tert-OH is 1. The van der Waals surface area contributed by atoms with Crippen LogP contribution in [0, 0.1) is 5.92 Å². The number of carboxylic acids is 1. The minimum Gasteiger partial charge on any atom is -0.478 e. The molecular formula is C10H15NO4. The Labute approximate surface area is 87.7 Å². The van der Waals surface area contributed by atoms with Gasteiger partial charge in [-0.05, 0) is 12.0 Å². The minimum atomic E-state index is -0.992. The van der Waals surface area contributed by atoms with Gasteiger partial charge in [0.05, 0.1) is 12.1 Å². The van der Waals surface area contributed by atoms with E-state index in [0.717, 1.165) is 0 Å². The van der Waals surface area contributed by atoms with E-state index in [0.29, 0.717) is 18.8 Å². The number of aliphatic hydroxyl groups is 1. The number of furan rings is 1. The van der Waals surface area contributed by atoms with Crippen LogP contribution in [0.2, 0.25) is 0 Å². The molecule has 0 amide bonds. The van der Waals surface area contributed by atoms with Crippen molar-refractivity contribution in [2.45, 2.75) is 13.5 Å². The van der Waals surface area contributed by atoms with Gasteiger partial charge in [0, 0.05) is 13.2 Å². The van der Waals surface area contributed by atoms with Crippen molar-refractivity contribution in [1.82, 2.24) is 5.32 Å².